The Morgan fingerprint density at radius 2 is 2.11 bits per heavy atom. The molecule has 0 aromatic rings. The topological polar surface area (TPSA) is 63.4 Å². The van der Waals surface area contributed by atoms with E-state index in [1.807, 2.05) is 35.4 Å². The van der Waals surface area contributed by atoms with Crippen molar-refractivity contribution in [1.82, 2.24) is 4.90 Å². The number of hydrogen-bond acceptors (Lipinski definition) is 3. The van der Waals surface area contributed by atoms with Crippen LogP contribution in [0.1, 0.15) is 6.42 Å². The van der Waals surface area contributed by atoms with E-state index >= 15 is 0 Å². The van der Waals surface area contributed by atoms with Gasteiger partial charge in [0, 0.05) is 18.3 Å². The number of primary sulfonamides is 1. The fourth-order valence-corrected chi connectivity index (χ4v) is 3.50. The summed E-state index contributed by atoms with van der Waals surface area (Å²) in [4.78, 5) is 2.15. The number of fused-ring (bicyclic) bond motifs is 3. The Morgan fingerprint density at radius 1 is 1.28 bits per heavy atom. The Bertz CT molecular complexity index is 623. The molecule has 0 saturated carbocycles. The van der Waals surface area contributed by atoms with Crippen LogP contribution in [-0.2, 0) is 10.0 Å². The Hall–Kier alpha value is -1.59. The second-order valence-corrected chi connectivity index (χ2v) is 6.12. The summed E-state index contributed by atoms with van der Waals surface area (Å²) < 4.78 is 23.4. The maximum Gasteiger partial charge on any atom is 0.239 e. The molecule has 0 bridgehead atoms. The average Bonchev–Trinajstić information content (AvgIpc) is 2.37. The summed E-state index contributed by atoms with van der Waals surface area (Å²) >= 11 is 0. The van der Waals surface area contributed by atoms with E-state index in [1.165, 1.54) is 0 Å². The molecule has 0 radical (unpaired) electrons. The zero-order valence-electron chi connectivity index (χ0n) is 9.73. The highest BCUT2D eigenvalue weighted by atomic mass is 32.2. The maximum atomic E-state index is 11.7. The predicted molar refractivity (Wildman–Crippen MR) is 70.4 cm³/mol. The summed E-state index contributed by atoms with van der Waals surface area (Å²) in [5.74, 6) is 0.148. The molecule has 2 unspecified atom stereocenters. The number of nitrogens with zero attached hydrogens (tertiary/aromatic N) is 1. The second kappa shape index (κ2) is 3.96. The Labute approximate surface area is 107 Å². The lowest BCUT2D eigenvalue weighted by molar-refractivity contribution is 0.320. The van der Waals surface area contributed by atoms with E-state index in [4.69, 9.17) is 5.14 Å². The van der Waals surface area contributed by atoms with E-state index in [-0.39, 0.29) is 16.9 Å². The lowest BCUT2D eigenvalue weighted by Crippen LogP contribution is -2.41. The van der Waals surface area contributed by atoms with Crippen LogP contribution >= 0.6 is 0 Å². The van der Waals surface area contributed by atoms with Crippen LogP contribution in [0.15, 0.2) is 59.3 Å². The Morgan fingerprint density at radius 3 is 2.89 bits per heavy atom. The van der Waals surface area contributed by atoms with Gasteiger partial charge in [0.05, 0.1) is 6.04 Å². The first kappa shape index (κ1) is 11.5. The third-order valence-corrected chi connectivity index (χ3v) is 4.45. The lowest BCUT2D eigenvalue weighted by atomic mass is 9.81. The van der Waals surface area contributed by atoms with Crippen LogP contribution in [0.4, 0.5) is 0 Å². The van der Waals surface area contributed by atoms with Crippen molar-refractivity contribution in [3.05, 3.63) is 59.3 Å². The molecule has 0 aromatic heterocycles. The van der Waals surface area contributed by atoms with E-state index in [1.54, 1.807) is 6.20 Å². The number of hydrogen-bond donors (Lipinski definition) is 1. The van der Waals surface area contributed by atoms with Crippen LogP contribution in [0.25, 0.3) is 0 Å². The molecule has 3 aliphatic rings. The monoisotopic (exact) mass is 262 g/mol. The normalized spacial score (nSPS) is 29.5. The third kappa shape index (κ3) is 1.76. The van der Waals surface area contributed by atoms with Gasteiger partial charge in [0.2, 0.25) is 10.0 Å². The van der Waals surface area contributed by atoms with Gasteiger partial charge in [-0.3, -0.25) is 0 Å². The zero-order chi connectivity index (χ0) is 12.8. The van der Waals surface area contributed by atoms with Crippen molar-refractivity contribution in [2.24, 2.45) is 11.1 Å². The molecule has 2 atom stereocenters. The molecular weight excluding hydrogens is 248 g/mol. The smallest absolute Gasteiger partial charge is 0.239 e. The van der Waals surface area contributed by atoms with Gasteiger partial charge in [-0.25, -0.2) is 13.6 Å². The fraction of sp³-hybridized carbons (Fsp3) is 0.231. The number of nitrogens with two attached hydrogens (primary N) is 1. The number of sulfonamides is 1. The fourth-order valence-electron chi connectivity index (χ4n) is 2.68. The van der Waals surface area contributed by atoms with E-state index < -0.39 is 10.0 Å². The molecule has 0 aromatic carbocycles. The van der Waals surface area contributed by atoms with Crippen LogP contribution in [0.3, 0.4) is 0 Å². The molecule has 2 N–H and O–H groups in total. The first-order valence-corrected chi connectivity index (χ1v) is 7.36. The maximum absolute atomic E-state index is 11.7. The largest absolute Gasteiger partial charge is 0.345 e. The van der Waals surface area contributed by atoms with Gasteiger partial charge in [-0.2, -0.15) is 0 Å². The molecule has 3 rings (SSSR count). The summed E-state index contributed by atoms with van der Waals surface area (Å²) in [6.07, 6.45) is 16.1. The quantitative estimate of drug-likeness (QED) is 0.776. The van der Waals surface area contributed by atoms with Crippen molar-refractivity contribution >= 4 is 10.0 Å². The van der Waals surface area contributed by atoms with Gasteiger partial charge < -0.3 is 4.90 Å². The summed E-state index contributed by atoms with van der Waals surface area (Å²) in [5, 5.41) is 5.31. The standard InChI is InChI=1S/C13H14N2O2S/c14-18(16,17)13-9-15-8-4-3-7-12(15)10-5-1-2-6-11(10)13/h1-4,6-10,12H,5H2,(H2,14,16,17). The van der Waals surface area contributed by atoms with Crippen LogP contribution in [0.2, 0.25) is 0 Å². The highest BCUT2D eigenvalue weighted by molar-refractivity contribution is 7.93. The van der Waals surface area contributed by atoms with Crippen LogP contribution < -0.4 is 5.14 Å². The highest BCUT2D eigenvalue weighted by Gasteiger charge is 2.36. The van der Waals surface area contributed by atoms with E-state index in [2.05, 4.69) is 12.2 Å². The molecule has 0 spiro atoms. The highest BCUT2D eigenvalue weighted by Crippen LogP contribution is 2.39. The van der Waals surface area contributed by atoms with Crippen LogP contribution in [0, 0.1) is 5.92 Å². The Kier molecular flexibility index (Phi) is 2.53. The number of allylic oxidation sites excluding steroid dienone is 6. The second-order valence-electron chi connectivity index (χ2n) is 4.59. The molecule has 2 heterocycles. The third-order valence-electron chi connectivity index (χ3n) is 3.49. The van der Waals surface area contributed by atoms with Gasteiger partial charge >= 0.3 is 0 Å². The molecule has 0 amide bonds. The first-order valence-electron chi connectivity index (χ1n) is 5.81. The molecule has 0 fully saturated rings. The summed E-state index contributed by atoms with van der Waals surface area (Å²) in [6.45, 7) is 0. The molecule has 4 nitrogen and oxygen atoms in total. The van der Waals surface area contributed by atoms with Crippen molar-refractivity contribution in [1.29, 1.82) is 0 Å². The predicted octanol–water partition coefficient (Wildman–Crippen LogP) is 1.39. The SMILES string of the molecule is NS(=O)(=O)C1=CN2C=CC=CC2C2CC=CC=C12. The van der Waals surface area contributed by atoms with Crippen LogP contribution in [-0.4, -0.2) is 19.4 Å². The molecule has 18 heavy (non-hydrogen) atoms. The van der Waals surface area contributed by atoms with Gasteiger partial charge in [0.1, 0.15) is 4.91 Å². The lowest BCUT2D eigenvalue weighted by Gasteiger charge is -2.40. The molecule has 1 aliphatic carbocycles. The van der Waals surface area contributed by atoms with Crippen molar-refractivity contribution in [2.75, 3.05) is 0 Å². The summed E-state index contributed by atoms with van der Waals surface area (Å²) in [5.41, 5.74) is 0.821. The zero-order valence-corrected chi connectivity index (χ0v) is 10.5. The summed E-state index contributed by atoms with van der Waals surface area (Å²) in [6, 6.07) is 0.177. The number of rotatable bonds is 1. The van der Waals surface area contributed by atoms with Crippen molar-refractivity contribution in [3.63, 3.8) is 0 Å². The van der Waals surface area contributed by atoms with Crippen LogP contribution in [0.5, 0.6) is 0 Å². The first-order chi connectivity index (χ1) is 8.57. The van der Waals surface area contributed by atoms with Gasteiger partial charge in [-0.05, 0) is 18.1 Å². The van der Waals surface area contributed by atoms with E-state index in [9.17, 15) is 8.42 Å². The molecule has 2 aliphatic heterocycles. The van der Waals surface area contributed by atoms with E-state index in [0.717, 1.165) is 12.0 Å². The average molecular weight is 262 g/mol. The van der Waals surface area contributed by atoms with Gasteiger partial charge in [0.15, 0.2) is 0 Å². The van der Waals surface area contributed by atoms with Crippen molar-refractivity contribution < 1.29 is 8.42 Å². The van der Waals surface area contributed by atoms with Gasteiger partial charge in [0.25, 0.3) is 0 Å². The molecular formula is C13H14N2O2S. The van der Waals surface area contributed by atoms with Gasteiger partial charge in [-0.1, -0.05) is 30.4 Å². The minimum absolute atomic E-state index is 0.148. The molecule has 5 heteroatoms. The van der Waals surface area contributed by atoms with E-state index in [0.29, 0.717) is 0 Å². The molecule has 94 valence electrons. The minimum Gasteiger partial charge on any atom is -0.345 e. The molecule has 0 saturated heterocycles. The van der Waals surface area contributed by atoms with Crippen molar-refractivity contribution in [2.45, 2.75) is 12.5 Å². The Balaban J connectivity index is 2.16. The minimum atomic E-state index is -3.69. The van der Waals surface area contributed by atoms with Gasteiger partial charge in [-0.15, -0.1) is 0 Å². The van der Waals surface area contributed by atoms with Crippen molar-refractivity contribution in [3.8, 4) is 0 Å². The summed E-state index contributed by atoms with van der Waals surface area (Å²) in [7, 11) is -3.69.